The van der Waals surface area contributed by atoms with Gasteiger partial charge in [-0.2, -0.15) is 13.2 Å². The Hall–Kier alpha value is -2.87. The van der Waals surface area contributed by atoms with E-state index in [1.54, 1.807) is 27.7 Å². The second-order valence-corrected chi connectivity index (χ2v) is 12.4. The summed E-state index contributed by atoms with van der Waals surface area (Å²) in [7, 11) is 0. The number of nitrogens with one attached hydrogen (secondary N) is 1. The van der Waals surface area contributed by atoms with Gasteiger partial charge in [0.25, 0.3) is 22.8 Å². The summed E-state index contributed by atoms with van der Waals surface area (Å²) in [6.07, 6.45) is -7.02. The number of halogens is 5. The monoisotopic (exact) mass is 635 g/mol. The first-order valence-corrected chi connectivity index (χ1v) is 14.0. The molecule has 2 amide bonds. The van der Waals surface area contributed by atoms with E-state index in [0.717, 1.165) is 16.4 Å². The molecule has 2 aromatic rings. The molecule has 2 aliphatic rings. The topological polar surface area (TPSA) is 107 Å². The minimum Gasteiger partial charge on any atom is -0.443 e. The molecule has 2 aliphatic heterocycles. The van der Waals surface area contributed by atoms with Crippen molar-refractivity contribution < 1.29 is 40.7 Å². The van der Waals surface area contributed by atoms with Gasteiger partial charge >= 0.3 is 12.3 Å². The molecule has 2 heterocycles. The van der Waals surface area contributed by atoms with Crippen LogP contribution in [0, 0.1) is 6.92 Å². The minimum absolute atomic E-state index is 0.0196. The number of aryl methyl sites for hydroxylation is 1. The quantitative estimate of drug-likeness (QED) is 0.443. The van der Waals surface area contributed by atoms with E-state index >= 15 is 0 Å². The molecule has 222 valence electrons. The second kappa shape index (κ2) is 11.4. The first-order chi connectivity index (χ1) is 19.0. The summed E-state index contributed by atoms with van der Waals surface area (Å²) in [5.74, 6) is -0.498. The van der Waals surface area contributed by atoms with Crippen molar-refractivity contribution in [3.63, 3.8) is 0 Å². The molecule has 9 nitrogen and oxygen atoms in total. The Morgan fingerprint density at radius 2 is 1.83 bits per heavy atom. The van der Waals surface area contributed by atoms with Crippen LogP contribution in [0.2, 0.25) is 10.0 Å². The van der Waals surface area contributed by atoms with Crippen LogP contribution in [-0.2, 0) is 30.6 Å². The van der Waals surface area contributed by atoms with Gasteiger partial charge in [0.2, 0.25) is 0 Å². The molecule has 0 saturated carbocycles. The van der Waals surface area contributed by atoms with Crippen LogP contribution in [-0.4, -0.2) is 57.2 Å². The molecule has 15 heteroatoms. The van der Waals surface area contributed by atoms with Gasteiger partial charge in [0.15, 0.2) is 0 Å². The maximum Gasteiger partial charge on any atom is 0.435 e. The Balaban J connectivity index is 1.43. The Kier molecular flexibility index (Phi) is 8.66. The number of oxime groups is 1. The van der Waals surface area contributed by atoms with Gasteiger partial charge in [-0.15, -0.1) is 0 Å². The SMILES string of the molecule is Cc1cc(C2=NOC(c3cc(Cl)cc(Cl)c3)(C(F)(F)F)C2)ccc1C(=O)NCC1CN(C(=O)OC(C)(C)C)S(=O)O1. The van der Waals surface area contributed by atoms with Gasteiger partial charge in [0.05, 0.1) is 12.3 Å². The highest BCUT2D eigenvalue weighted by Crippen LogP contribution is 2.49. The average molecular weight is 636 g/mol. The largest absolute Gasteiger partial charge is 0.443 e. The number of hydrogen-bond acceptors (Lipinski definition) is 7. The molecule has 4 rings (SSSR count). The van der Waals surface area contributed by atoms with E-state index in [2.05, 4.69) is 10.5 Å². The van der Waals surface area contributed by atoms with Crippen molar-refractivity contribution in [1.29, 1.82) is 0 Å². The number of carbonyl (C=O) groups excluding carboxylic acids is 2. The highest BCUT2D eigenvalue weighted by molar-refractivity contribution is 7.78. The van der Waals surface area contributed by atoms with E-state index in [-0.39, 0.29) is 40.0 Å². The van der Waals surface area contributed by atoms with Crippen molar-refractivity contribution in [2.75, 3.05) is 13.1 Å². The number of rotatable bonds is 5. The molecule has 0 aromatic heterocycles. The van der Waals surface area contributed by atoms with Gasteiger partial charge in [0, 0.05) is 34.1 Å². The maximum atomic E-state index is 14.3. The van der Waals surface area contributed by atoms with E-state index in [1.165, 1.54) is 24.3 Å². The van der Waals surface area contributed by atoms with Crippen LogP contribution in [0.25, 0.3) is 0 Å². The number of benzene rings is 2. The standard InChI is InChI=1S/C26H26Cl2F3N3O6S/c1-14-7-15(21-11-25(40-33-21,26(29,30)31)16-8-17(27)10-18(28)9-16)5-6-20(14)22(35)32-12-19-13-34(41(37)39-19)23(36)38-24(2,3)4/h5-10,19H,11-13H2,1-4H3,(H,32,35). The third kappa shape index (κ3) is 6.79. The molecule has 2 aromatic carbocycles. The molecule has 1 N–H and O–H groups in total. The Morgan fingerprint density at radius 3 is 2.41 bits per heavy atom. The van der Waals surface area contributed by atoms with Crippen molar-refractivity contribution in [2.45, 2.75) is 57.6 Å². The Bertz CT molecular complexity index is 1410. The predicted molar refractivity (Wildman–Crippen MR) is 146 cm³/mol. The molecule has 1 saturated heterocycles. The van der Waals surface area contributed by atoms with Crippen LogP contribution >= 0.6 is 23.2 Å². The van der Waals surface area contributed by atoms with Crippen LogP contribution in [0.15, 0.2) is 41.6 Å². The van der Waals surface area contributed by atoms with Gasteiger partial charge in [-0.25, -0.2) is 13.3 Å². The molecular formula is C26H26Cl2F3N3O6S. The molecule has 1 fully saturated rings. The first kappa shape index (κ1) is 31.1. The zero-order valence-corrected chi connectivity index (χ0v) is 24.6. The summed E-state index contributed by atoms with van der Waals surface area (Å²) in [4.78, 5) is 30.1. The molecule has 3 atom stereocenters. The third-order valence-electron chi connectivity index (χ3n) is 6.17. The summed E-state index contributed by atoms with van der Waals surface area (Å²) in [6.45, 7) is 6.52. The fraction of sp³-hybridized carbons (Fsp3) is 0.423. The summed E-state index contributed by atoms with van der Waals surface area (Å²) in [6, 6.07) is 8.03. The number of nitrogens with zero attached hydrogens (tertiary/aromatic N) is 2. The van der Waals surface area contributed by atoms with Crippen LogP contribution in [0.1, 0.15) is 54.2 Å². The predicted octanol–water partition coefficient (Wildman–Crippen LogP) is 5.83. The van der Waals surface area contributed by atoms with Gasteiger partial charge < -0.3 is 14.9 Å². The number of carbonyl (C=O) groups is 2. The lowest BCUT2D eigenvalue weighted by Gasteiger charge is -2.29. The number of amides is 2. The summed E-state index contributed by atoms with van der Waals surface area (Å²) >= 11 is 9.84. The maximum absolute atomic E-state index is 14.3. The summed E-state index contributed by atoms with van der Waals surface area (Å²) in [5, 5.41) is 6.44. The van der Waals surface area contributed by atoms with E-state index in [0.29, 0.717) is 11.1 Å². The van der Waals surface area contributed by atoms with E-state index in [4.69, 9.17) is 37.0 Å². The van der Waals surface area contributed by atoms with Crippen molar-refractivity contribution in [2.24, 2.45) is 5.16 Å². The molecule has 3 unspecified atom stereocenters. The number of ether oxygens (including phenoxy) is 1. The van der Waals surface area contributed by atoms with E-state index < -0.39 is 53.2 Å². The summed E-state index contributed by atoms with van der Waals surface area (Å²) in [5.41, 5.74) is -2.78. The van der Waals surface area contributed by atoms with Gasteiger partial charge in [-0.05, 0) is 69.2 Å². The van der Waals surface area contributed by atoms with E-state index in [9.17, 15) is 27.0 Å². The number of hydrogen-bond donors (Lipinski definition) is 1. The highest BCUT2D eigenvalue weighted by atomic mass is 35.5. The zero-order chi connectivity index (χ0) is 30.3. The van der Waals surface area contributed by atoms with Gasteiger partial charge in [-0.3, -0.25) is 8.98 Å². The normalized spacial score (nSPS) is 22.8. The molecular weight excluding hydrogens is 610 g/mol. The smallest absolute Gasteiger partial charge is 0.435 e. The Morgan fingerprint density at radius 1 is 1.17 bits per heavy atom. The zero-order valence-electron chi connectivity index (χ0n) is 22.3. The van der Waals surface area contributed by atoms with Crippen molar-refractivity contribution >= 4 is 52.2 Å². The Labute approximate surface area is 246 Å². The molecule has 0 radical (unpaired) electrons. The van der Waals surface area contributed by atoms with Crippen LogP contribution in [0.5, 0.6) is 0 Å². The fourth-order valence-corrected chi connectivity index (χ4v) is 5.68. The lowest BCUT2D eigenvalue weighted by atomic mass is 9.86. The highest BCUT2D eigenvalue weighted by Gasteiger charge is 2.62. The minimum atomic E-state index is -4.84. The van der Waals surface area contributed by atoms with Crippen LogP contribution in [0.3, 0.4) is 0 Å². The second-order valence-electron chi connectivity index (χ2n) is 10.5. The molecule has 0 spiro atoms. The number of alkyl halides is 3. The van der Waals surface area contributed by atoms with Crippen molar-refractivity contribution in [3.05, 3.63) is 68.7 Å². The molecule has 0 bridgehead atoms. The third-order valence-corrected chi connectivity index (χ3v) is 7.71. The van der Waals surface area contributed by atoms with Crippen LogP contribution < -0.4 is 5.32 Å². The summed E-state index contributed by atoms with van der Waals surface area (Å²) < 4.78 is 66.4. The van der Waals surface area contributed by atoms with Gasteiger partial charge in [-0.1, -0.05) is 34.4 Å². The fourth-order valence-electron chi connectivity index (χ4n) is 4.24. The van der Waals surface area contributed by atoms with Gasteiger partial charge in [0.1, 0.15) is 11.7 Å². The van der Waals surface area contributed by atoms with Crippen LogP contribution in [0.4, 0.5) is 18.0 Å². The lowest BCUT2D eigenvalue weighted by molar-refractivity contribution is -0.275. The first-order valence-electron chi connectivity index (χ1n) is 12.3. The average Bonchev–Trinajstić information content (AvgIpc) is 3.46. The molecule has 0 aliphatic carbocycles. The van der Waals surface area contributed by atoms with Crippen molar-refractivity contribution in [1.82, 2.24) is 9.62 Å². The molecule has 41 heavy (non-hydrogen) atoms. The van der Waals surface area contributed by atoms with Crippen molar-refractivity contribution in [3.8, 4) is 0 Å². The van der Waals surface area contributed by atoms with E-state index in [1.807, 2.05) is 0 Å². The lowest BCUT2D eigenvalue weighted by Crippen LogP contribution is -2.42.